The van der Waals surface area contributed by atoms with E-state index >= 15 is 0 Å². The fourth-order valence-corrected chi connectivity index (χ4v) is 1.50. The van der Waals surface area contributed by atoms with Crippen molar-refractivity contribution in [3.63, 3.8) is 0 Å². The second-order valence-electron chi connectivity index (χ2n) is 4.21. The lowest BCUT2D eigenvalue weighted by molar-refractivity contribution is -0.147. The topological polar surface area (TPSA) is 74.6 Å². The largest absolute Gasteiger partial charge is 0.481 e. The highest BCUT2D eigenvalue weighted by Crippen LogP contribution is 2.30. The quantitative estimate of drug-likeness (QED) is 0.764. The van der Waals surface area contributed by atoms with Crippen LogP contribution in [0, 0.1) is 11.8 Å². The number of carbonyl (C=O) groups is 2. The van der Waals surface area contributed by atoms with Crippen LogP contribution in [0.15, 0.2) is 0 Å². The van der Waals surface area contributed by atoms with Gasteiger partial charge in [0.15, 0.2) is 0 Å². The number of aliphatic carboxylic acids is 2. The molecule has 2 rings (SSSR count). The minimum absolute atomic E-state index is 0.218. The van der Waals surface area contributed by atoms with E-state index in [4.69, 9.17) is 10.2 Å². The second kappa shape index (κ2) is 5.23. The van der Waals surface area contributed by atoms with Crippen LogP contribution in [-0.4, -0.2) is 34.5 Å². The molecule has 0 aromatic rings. The van der Waals surface area contributed by atoms with Gasteiger partial charge in [-0.3, -0.25) is 9.59 Å². The SMILES string of the molecule is O=C(O)C1CC(F)C1.O=C(O)C1CC(F)C1. The van der Waals surface area contributed by atoms with Gasteiger partial charge in [0.05, 0.1) is 11.8 Å². The van der Waals surface area contributed by atoms with Crippen LogP contribution in [0.4, 0.5) is 8.78 Å². The lowest BCUT2D eigenvalue weighted by Crippen LogP contribution is -2.31. The van der Waals surface area contributed by atoms with Crippen LogP contribution in [0.2, 0.25) is 0 Å². The highest BCUT2D eigenvalue weighted by molar-refractivity contribution is 5.71. The van der Waals surface area contributed by atoms with Gasteiger partial charge in [-0.25, -0.2) is 8.78 Å². The molecule has 0 saturated heterocycles. The fraction of sp³-hybridized carbons (Fsp3) is 0.800. The van der Waals surface area contributed by atoms with Crippen molar-refractivity contribution in [2.24, 2.45) is 11.8 Å². The summed E-state index contributed by atoms with van der Waals surface area (Å²) < 4.78 is 23.7. The zero-order valence-corrected chi connectivity index (χ0v) is 8.60. The molecule has 0 atom stereocenters. The van der Waals surface area contributed by atoms with E-state index in [-0.39, 0.29) is 25.7 Å². The van der Waals surface area contributed by atoms with Gasteiger partial charge in [0.2, 0.25) is 0 Å². The molecule has 6 heteroatoms. The smallest absolute Gasteiger partial charge is 0.306 e. The van der Waals surface area contributed by atoms with Crippen LogP contribution in [0.1, 0.15) is 25.7 Å². The van der Waals surface area contributed by atoms with Crippen LogP contribution >= 0.6 is 0 Å². The summed E-state index contributed by atoms with van der Waals surface area (Å²) in [6.45, 7) is 0. The summed E-state index contributed by atoms with van der Waals surface area (Å²) >= 11 is 0. The Balaban J connectivity index is 0.000000160. The van der Waals surface area contributed by atoms with Crippen molar-refractivity contribution in [2.45, 2.75) is 38.0 Å². The Hall–Kier alpha value is -1.20. The molecule has 2 fully saturated rings. The van der Waals surface area contributed by atoms with Gasteiger partial charge < -0.3 is 10.2 Å². The van der Waals surface area contributed by atoms with Gasteiger partial charge in [-0.1, -0.05) is 0 Å². The van der Waals surface area contributed by atoms with E-state index in [9.17, 15) is 18.4 Å². The van der Waals surface area contributed by atoms with Crippen molar-refractivity contribution in [1.29, 1.82) is 0 Å². The lowest BCUT2D eigenvalue weighted by atomic mass is 9.84. The highest BCUT2D eigenvalue weighted by atomic mass is 19.1. The molecule has 2 aliphatic rings. The fourth-order valence-electron chi connectivity index (χ4n) is 1.50. The normalized spacial score (nSPS) is 36.1. The summed E-state index contributed by atoms with van der Waals surface area (Å²) in [5.41, 5.74) is 0. The molecule has 0 aromatic carbocycles. The monoisotopic (exact) mass is 236 g/mol. The van der Waals surface area contributed by atoms with Crippen molar-refractivity contribution in [3.8, 4) is 0 Å². The molecule has 2 aliphatic carbocycles. The summed E-state index contributed by atoms with van der Waals surface area (Å²) in [7, 11) is 0. The van der Waals surface area contributed by atoms with Gasteiger partial charge in [-0.15, -0.1) is 0 Å². The third-order valence-corrected chi connectivity index (χ3v) is 2.86. The first kappa shape index (κ1) is 12.9. The first-order chi connectivity index (χ1) is 7.40. The third kappa shape index (κ3) is 3.43. The molecule has 0 unspecified atom stereocenters. The van der Waals surface area contributed by atoms with Crippen molar-refractivity contribution in [3.05, 3.63) is 0 Å². The minimum Gasteiger partial charge on any atom is -0.481 e. The highest BCUT2D eigenvalue weighted by Gasteiger charge is 2.34. The molecule has 16 heavy (non-hydrogen) atoms. The van der Waals surface area contributed by atoms with Gasteiger partial charge in [0, 0.05) is 0 Å². The molecular formula is C10H14F2O4. The van der Waals surface area contributed by atoms with Gasteiger partial charge in [0.25, 0.3) is 0 Å². The third-order valence-electron chi connectivity index (χ3n) is 2.86. The number of halogens is 2. The number of hydrogen-bond donors (Lipinski definition) is 2. The van der Waals surface area contributed by atoms with Crippen LogP contribution in [0.3, 0.4) is 0 Å². The maximum atomic E-state index is 11.9. The van der Waals surface area contributed by atoms with Crippen molar-refractivity contribution in [2.75, 3.05) is 0 Å². The lowest BCUT2D eigenvalue weighted by Gasteiger charge is -2.24. The predicted octanol–water partition coefficient (Wildman–Crippen LogP) is 1.64. The van der Waals surface area contributed by atoms with Gasteiger partial charge >= 0.3 is 11.9 Å². The molecule has 0 aliphatic heterocycles. The molecule has 0 aromatic heterocycles. The molecule has 0 amide bonds. The minimum atomic E-state index is -0.862. The molecular weight excluding hydrogens is 222 g/mol. The average Bonchev–Trinajstić information content (AvgIpc) is 2.08. The Labute approximate surface area is 91.3 Å². The average molecular weight is 236 g/mol. The Morgan fingerprint density at radius 3 is 1.12 bits per heavy atom. The van der Waals surface area contributed by atoms with Crippen LogP contribution in [0.25, 0.3) is 0 Å². The summed E-state index contributed by atoms with van der Waals surface area (Å²) in [6, 6.07) is 0. The Kier molecular flexibility index (Phi) is 4.20. The second-order valence-corrected chi connectivity index (χ2v) is 4.21. The molecule has 0 spiro atoms. The van der Waals surface area contributed by atoms with Crippen molar-refractivity contribution >= 4 is 11.9 Å². The van der Waals surface area contributed by atoms with Gasteiger partial charge in [0.1, 0.15) is 12.3 Å². The molecule has 2 saturated carbocycles. The van der Waals surface area contributed by atoms with Crippen LogP contribution in [-0.2, 0) is 9.59 Å². The molecule has 2 N–H and O–H groups in total. The Morgan fingerprint density at radius 2 is 1.06 bits per heavy atom. The van der Waals surface area contributed by atoms with Crippen LogP contribution < -0.4 is 0 Å². The van der Waals surface area contributed by atoms with E-state index in [2.05, 4.69) is 0 Å². The van der Waals surface area contributed by atoms with Crippen LogP contribution in [0.5, 0.6) is 0 Å². The van der Waals surface area contributed by atoms with Gasteiger partial charge in [-0.2, -0.15) is 0 Å². The van der Waals surface area contributed by atoms with Crippen molar-refractivity contribution < 1.29 is 28.6 Å². The summed E-state index contributed by atoms with van der Waals surface area (Å²) in [5, 5.41) is 16.4. The molecule has 0 heterocycles. The number of rotatable bonds is 2. The summed E-state index contributed by atoms with van der Waals surface area (Å²) in [5.74, 6) is -2.52. The summed E-state index contributed by atoms with van der Waals surface area (Å²) in [6.07, 6.45) is -0.831. The number of alkyl halides is 2. The van der Waals surface area contributed by atoms with E-state index in [0.717, 1.165) is 0 Å². The van der Waals surface area contributed by atoms with Crippen molar-refractivity contribution in [1.82, 2.24) is 0 Å². The Bertz CT molecular complexity index is 242. The first-order valence-corrected chi connectivity index (χ1v) is 5.14. The maximum Gasteiger partial charge on any atom is 0.306 e. The van der Waals surface area contributed by atoms with E-state index in [1.807, 2.05) is 0 Å². The standard InChI is InChI=1S/2C5H7FO2/c2*6-4-1-3(2-4)5(7)8/h2*3-4H,1-2H2,(H,7,8). The zero-order chi connectivity index (χ0) is 12.3. The molecule has 0 bridgehead atoms. The number of hydrogen-bond acceptors (Lipinski definition) is 2. The predicted molar refractivity (Wildman–Crippen MR) is 50.5 cm³/mol. The van der Waals surface area contributed by atoms with Gasteiger partial charge in [-0.05, 0) is 25.7 Å². The van der Waals surface area contributed by atoms with E-state index in [1.54, 1.807) is 0 Å². The molecule has 4 nitrogen and oxygen atoms in total. The Morgan fingerprint density at radius 1 is 0.812 bits per heavy atom. The van der Waals surface area contributed by atoms with E-state index in [1.165, 1.54) is 0 Å². The number of carboxylic acid groups (broad SMARTS) is 2. The zero-order valence-electron chi connectivity index (χ0n) is 8.60. The molecule has 0 radical (unpaired) electrons. The summed E-state index contributed by atoms with van der Waals surface area (Å²) in [4.78, 5) is 19.9. The van der Waals surface area contributed by atoms with E-state index in [0.29, 0.717) is 0 Å². The number of carboxylic acids is 2. The van der Waals surface area contributed by atoms with E-state index < -0.39 is 36.1 Å². The first-order valence-electron chi connectivity index (χ1n) is 5.14. The molecule has 92 valence electrons. The maximum absolute atomic E-state index is 11.9.